The summed E-state index contributed by atoms with van der Waals surface area (Å²) in [5.74, 6) is 0. The van der Waals surface area contributed by atoms with Gasteiger partial charge in [0.05, 0.1) is 0 Å². The Hall–Kier alpha value is -1.16. The third kappa shape index (κ3) is 1.95. The Bertz CT molecular complexity index is 374. The van der Waals surface area contributed by atoms with Gasteiger partial charge in [-0.1, -0.05) is 24.3 Å². The molecule has 0 amide bonds. The molecule has 0 aliphatic carbocycles. The zero-order valence-corrected chi connectivity index (χ0v) is 8.56. The van der Waals surface area contributed by atoms with Gasteiger partial charge in [-0.25, -0.2) is 4.90 Å². The van der Waals surface area contributed by atoms with Crippen molar-refractivity contribution in [3.8, 4) is 0 Å². The molecule has 1 aromatic rings. The Labute approximate surface area is 89.3 Å². The molecule has 3 heteroatoms. The zero-order valence-electron chi connectivity index (χ0n) is 8.56. The van der Waals surface area contributed by atoms with E-state index in [9.17, 15) is 0 Å². The van der Waals surface area contributed by atoms with Gasteiger partial charge in [0.2, 0.25) is 6.41 Å². The monoisotopic (exact) mass is 205 g/mol. The molecule has 1 aliphatic rings. The van der Waals surface area contributed by atoms with Gasteiger partial charge in [0, 0.05) is 13.1 Å². The summed E-state index contributed by atoms with van der Waals surface area (Å²) in [6, 6.07) is 6.10. The molecule has 3 nitrogen and oxygen atoms in total. The molecular weight excluding hydrogens is 190 g/mol. The van der Waals surface area contributed by atoms with Gasteiger partial charge in [-0.2, -0.15) is 0 Å². The van der Waals surface area contributed by atoms with Gasteiger partial charge in [0.1, 0.15) is 0 Å². The van der Waals surface area contributed by atoms with Crippen molar-refractivity contribution in [2.75, 3.05) is 0 Å². The van der Waals surface area contributed by atoms with Crippen LogP contribution in [0.1, 0.15) is 16.7 Å². The quantitative estimate of drug-likeness (QED) is 0.571. The Morgan fingerprint density at radius 3 is 2.87 bits per heavy atom. The first kappa shape index (κ1) is 10.4. The first-order valence-corrected chi connectivity index (χ1v) is 5.03. The second-order valence-electron chi connectivity index (χ2n) is 3.80. The first-order chi connectivity index (χ1) is 7.22. The van der Waals surface area contributed by atoms with E-state index in [1.165, 1.54) is 16.7 Å². The van der Waals surface area contributed by atoms with Gasteiger partial charge in [0.15, 0.2) is 0 Å². The molecule has 0 bridgehead atoms. The van der Waals surface area contributed by atoms with E-state index in [4.69, 9.17) is 10.2 Å². The number of hydrogen-bond acceptors (Lipinski definition) is 3. The van der Waals surface area contributed by atoms with Crippen LogP contribution in [-0.4, -0.2) is 21.5 Å². The van der Waals surface area contributed by atoms with E-state index < -0.39 is 6.41 Å². The van der Waals surface area contributed by atoms with E-state index >= 15 is 0 Å². The van der Waals surface area contributed by atoms with Crippen LogP contribution in [-0.2, 0) is 19.5 Å². The summed E-state index contributed by atoms with van der Waals surface area (Å²) in [6.07, 6.45) is 1.33. The summed E-state index contributed by atoms with van der Waals surface area (Å²) in [6.45, 7) is 4.94. The molecule has 0 saturated carbocycles. The van der Waals surface area contributed by atoms with Crippen LogP contribution < -0.4 is 0 Å². The molecule has 0 radical (unpaired) electrons. The number of aliphatic hydroxyl groups excluding tert-OH is 1. The van der Waals surface area contributed by atoms with E-state index in [1.54, 1.807) is 4.90 Å². The number of hydrogen-bond donors (Lipinski definition) is 2. The first-order valence-electron chi connectivity index (χ1n) is 5.03. The molecule has 0 spiro atoms. The molecule has 2 N–H and O–H groups in total. The average Bonchev–Trinajstić information content (AvgIpc) is 2.63. The minimum absolute atomic E-state index is 0.608. The molecule has 1 aliphatic heterocycles. The van der Waals surface area contributed by atoms with Gasteiger partial charge in [-0.3, -0.25) is 0 Å². The topological polar surface area (TPSA) is 43.7 Å². The normalized spacial score (nSPS) is 15.7. The third-order valence-electron chi connectivity index (χ3n) is 2.80. The molecule has 15 heavy (non-hydrogen) atoms. The largest absolute Gasteiger partial charge is 0.356 e. The molecule has 0 aromatic heterocycles. The lowest BCUT2D eigenvalue weighted by Crippen LogP contribution is -2.29. The molecular formula is C12H15NO2. The van der Waals surface area contributed by atoms with Crippen LogP contribution in [0.4, 0.5) is 0 Å². The van der Waals surface area contributed by atoms with Gasteiger partial charge >= 0.3 is 0 Å². The van der Waals surface area contributed by atoms with Crippen LogP contribution in [0, 0.1) is 0 Å². The average molecular weight is 205 g/mol. The maximum atomic E-state index is 9.11. The lowest BCUT2D eigenvalue weighted by Gasteiger charge is -2.16. The third-order valence-corrected chi connectivity index (χ3v) is 2.80. The van der Waals surface area contributed by atoms with E-state index in [0.717, 1.165) is 6.42 Å². The van der Waals surface area contributed by atoms with Crippen LogP contribution >= 0.6 is 0 Å². The number of nitrogens with zero attached hydrogens (tertiary/aromatic N) is 1. The second-order valence-corrected chi connectivity index (χ2v) is 3.80. The van der Waals surface area contributed by atoms with Crippen LogP contribution in [0.3, 0.4) is 0 Å². The summed E-state index contributed by atoms with van der Waals surface area (Å²) in [4.78, 5) is 1.62. The highest BCUT2D eigenvalue weighted by molar-refractivity contribution is 5.38. The summed E-state index contributed by atoms with van der Waals surface area (Å²) in [5, 5.41) is 18.2. The van der Waals surface area contributed by atoms with E-state index in [-0.39, 0.29) is 0 Å². The SMILES string of the molecule is C=CCc1cccc2c1CN(C(O)O)C2. The predicted octanol–water partition coefficient (Wildman–Crippen LogP) is 0.999. The fraction of sp³-hybridized carbons (Fsp3) is 0.333. The van der Waals surface area contributed by atoms with Crippen LogP contribution in [0.2, 0.25) is 0 Å². The highest BCUT2D eigenvalue weighted by atomic mass is 16.5. The van der Waals surface area contributed by atoms with Crippen molar-refractivity contribution >= 4 is 0 Å². The lowest BCUT2D eigenvalue weighted by atomic mass is 10.0. The molecule has 0 saturated heterocycles. The summed E-state index contributed by atoms with van der Waals surface area (Å²) < 4.78 is 0. The predicted molar refractivity (Wildman–Crippen MR) is 57.8 cm³/mol. The van der Waals surface area contributed by atoms with Crippen molar-refractivity contribution in [2.45, 2.75) is 25.9 Å². The van der Waals surface area contributed by atoms with Crippen LogP contribution in [0.5, 0.6) is 0 Å². The van der Waals surface area contributed by atoms with Crippen LogP contribution in [0.15, 0.2) is 30.9 Å². The highest BCUT2D eigenvalue weighted by Crippen LogP contribution is 2.26. The van der Waals surface area contributed by atoms with Crippen molar-refractivity contribution < 1.29 is 10.2 Å². The van der Waals surface area contributed by atoms with Gasteiger partial charge in [-0.15, -0.1) is 6.58 Å². The zero-order chi connectivity index (χ0) is 10.8. The van der Waals surface area contributed by atoms with Crippen molar-refractivity contribution in [2.24, 2.45) is 0 Å². The van der Waals surface area contributed by atoms with E-state index in [1.807, 2.05) is 18.2 Å². The summed E-state index contributed by atoms with van der Waals surface area (Å²) in [5.41, 5.74) is 3.62. The summed E-state index contributed by atoms with van der Waals surface area (Å²) in [7, 11) is 0. The molecule has 1 aromatic carbocycles. The minimum atomic E-state index is -1.37. The maximum absolute atomic E-state index is 9.11. The molecule has 0 atom stereocenters. The minimum Gasteiger partial charge on any atom is -0.356 e. The van der Waals surface area contributed by atoms with Crippen molar-refractivity contribution in [1.29, 1.82) is 0 Å². The Kier molecular flexibility index (Phi) is 2.86. The summed E-state index contributed by atoms with van der Waals surface area (Å²) >= 11 is 0. The number of rotatable bonds is 3. The van der Waals surface area contributed by atoms with Crippen molar-refractivity contribution in [3.05, 3.63) is 47.5 Å². The van der Waals surface area contributed by atoms with Gasteiger partial charge in [0.25, 0.3) is 0 Å². The molecule has 2 rings (SSSR count). The fourth-order valence-corrected chi connectivity index (χ4v) is 2.03. The number of benzene rings is 1. The highest BCUT2D eigenvalue weighted by Gasteiger charge is 2.24. The van der Waals surface area contributed by atoms with E-state index in [2.05, 4.69) is 12.6 Å². The molecule has 1 heterocycles. The molecule has 0 fully saturated rings. The number of fused-ring (bicyclic) bond motifs is 1. The fourth-order valence-electron chi connectivity index (χ4n) is 2.03. The number of allylic oxidation sites excluding steroid dienone is 1. The maximum Gasteiger partial charge on any atom is 0.214 e. The van der Waals surface area contributed by atoms with E-state index in [0.29, 0.717) is 13.1 Å². The smallest absolute Gasteiger partial charge is 0.214 e. The lowest BCUT2D eigenvalue weighted by molar-refractivity contribution is -0.158. The molecule has 0 unspecified atom stereocenters. The second kappa shape index (κ2) is 4.14. The van der Waals surface area contributed by atoms with Gasteiger partial charge in [-0.05, 0) is 23.1 Å². The Morgan fingerprint density at radius 2 is 2.20 bits per heavy atom. The van der Waals surface area contributed by atoms with Crippen molar-refractivity contribution in [1.82, 2.24) is 4.90 Å². The number of aliphatic hydroxyl groups is 2. The van der Waals surface area contributed by atoms with Crippen LogP contribution in [0.25, 0.3) is 0 Å². The Balaban J connectivity index is 2.28. The van der Waals surface area contributed by atoms with Crippen molar-refractivity contribution in [3.63, 3.8) is 0 Å². The van der Waals surface area contributed by atoms with Gasteiger partial charge < -0.3 is 10.2 Å². The molecule has 80 valence electrons. The Morgan fingerprint density at radius 1 is 1.40 bits per heavy atom. The standard InChI is InChI=1S/C12H15NO2/c1-2-4-9-5-3-6-10-7-13(12(14)15)8-11(9)10/h2-3,5-6,12,14-15H,1,4,7-8H2.